The molecule has 1 aliphatic heterocycles. The Morgan fingerprint density at radius 3 is 2.65 bits per heavy atom. The van der Waals surface area contributed by atoms with Gasteiger partial charge >= 0.3 is 0 Å². The molecule has 1 aliphatic carbocycles. The Morgan fingerprint density at radius 2 is 2.10 bits per heavy atom. The second kappa shape index (κ2) is 5.27. The third-order valence-electron chi connectivity index (χ3n) is 4.30. The summed E-state index contributed by atoms with van der Waals surface area (Å²) in [5.41, 5.74) is 2.83. The maximum atomic E-state index is 11.9. The fourth-order valence-corrected chi connectivity index (χ4v) is 2.85. The predicted octanol–water partition coefficient (Wildman–Crippen LogP) is 2.86. The van der Waals surface area contributed by atoms with E-state index in [-0.39, 0.29) is 17.7 Å². The van der Waals surface area contributed by atoms with E-state index in [0.29, 0.717) is 6.42 Å². The van der Waals surface area contributed by atoms with Crippen molar-refractivity contribution in [2.24, 2.45) is 5.92 Å². The molecule has 0 spiro atoms. The highest BCUT2D eigenvalue weighted by molar-refractivity contribution is 5.97. The quantitative estimate of drug-likeness (QED) is 0.919. The van der Waals surface area contributed by atoms with E-state index >= 15 is 0 Å². The van der Waals surface area contributed by atoms with E-state index in [9.17, 15) is 9.59 Å². The summed E-state index contributed by atoms with van der Waals surface area (Å²) in [6.07, 6.45) is 4.74. The van der Waals surface area contributed by atoms with Crippen LogP contribution in [0, 0.1) is 12.8 Å². The highest BCUT2D eigenvalue weighted by Gasteiger charge is 2.26. The van der Waals surface area contributed by atoms with E-state index < -0.39 is 0 Å². The van der Waals surface area contributed by atoms with Gasteiger partial charge < -0.3 is 10.2 Å². The van der Waals surface area contributed by atoms with Crippen LogP contribution < -0.4 is 10.2 Å². The van der Waals surface area contributed by atoms with E-state index in [1.165, 1.54) is 0 Å². The third kappa shape index (κ3) is 2.42. The van der Waals surface area contributed by atoms with Crippen LogP contribution in [0.25, 0.3) is 0 Å². The lowest BCUT2D eigenvalue weighted by molar-refractivity contribution is -0.122. The van der Waals surface area contributed by atoms with Gasteiger partial charge in [-0.05, 0) is 49.9 Å². The second-order valence-corrected chi connectivity index (χ2v) is 5.77. The van der Waals surface area contributed by atoms with Crippen molar-refractivity contribution < 1.29 is 9.59 Å². The number of hydrogen-bond donors (Lipinski definition) is 1. The van der Waals surface area contributed by atoms with Crippen LogP contribution >= 0.6 is 0 Å². The summed E-state index contributed by atoms with van der Waals surface area (Å²) in [5, 5.41) is 2.97. The summed E-state index contributed by atoms with van der Waals surface area (Å²) in [6, 6.07) is 5.79. The van der Waals surface area contributed by atoms with Crippen LogP contribution in [0.1, 0.15) is 37.7 Å². The minimum atomic E-state index is 0.126. The molecule has 1 aromatic rings. The molecule has 4 nitrogen and oxygen atoms in total. The maximum Gasteiger partial charge on any atom is 0.227 e. The Hall–Kier alpha value is -1.84. The van der Waals surface area contributed by atoms with E-state index in [4.69, 9.17) is 0 Å². The van der Waals surface area contributed by atoms with Gasteiger partial charge in [-0.2, -0.15) is 0 Å². The van der Waals surface area contributed by atoms with Crippen LogP contribution in [-0.4, -0.2) is 18.4 Å². The highest BCUT2D eigenvalue weighted by atomic mass is 16.2. The normalized spacial score (nSPS) is 19.1. The molecule has 2 fully saturated rings. The van der Waals surface area contributed by atoms with Crippen LogP contribution in [0.15, 0.2) is 18.2 Å². The van der Waals surface area contributed by atoms with E-state index in [2.05, 4.69) is 5.32 Å². The molecular weight excluding hydrogens is 252 g/mol. The number of carbonyl (C=O) groups is 2. The van der Waals surface area contributed by atoms with Crippen LogP contribution in [-0.2, 0) is 9.59 Å². The van der Waals surface area contributed by atoms with Crippen molar-refractivity contribution in [3.63, 3.8) is 0 Å². The lowest BCUT2D eigenvalue weighted by Crippen LogP contribution is -2.28. The summed E-state index contributed by atoms with van der Waals surface area (Å²) in [7, 11) is 0. The zero-order valence-corrected chi connectivity index (χ0v) is 11.8. The Morgan fingerprint density at radius 1 is 1.30 bits per heavy atom. The summed E-state index contributed by atoms with van der Waals surface area (Å²) in [5.74, 6) is 0.509. The van der Waals surface area contributed by atoms with Crippen LogP contribution in [0.3, 0.4) is 0 Å². The van der Waals surface area contributed by atoms with Gasteiger partial charge in [0.1, 0.15) is 0 Å². The van der Waals surface area contributed by atoms with Gasteiger partial charge in [-0.25, -0.2) is 0 Å². The Balaban J connectivity index is 1.73. The molecule has 0 unspecified atom stereocenters. The van der Waals surface area contributed by atoms with E-state index in [0.717, 1.165) is 49.2 Å². The topological polar surface area (TPSA) is 49.4 Å². The summed E-state index contributed by atoms with van der Waals surface area (Å²) in [6.45, 7) is 2.79. The average Bonchev–Trinajstić information content (AvgIpc) is 2.73. The van der Waals surface area contributed by atoms with Crippen LogP contribution in [0.4, 0.5) is 11.4 Å². The third-order valence-corrected chi connectivity index (χ3v) is 4.30. The number of nitrogens with one attached hydrogen (secondary N) is 1. The van der Waals surface area contributed by atoms with Crippen molar-refractivity contribution >= 4 is 23.2 Å². The molecule has 1 saturated heterocycles. The molecule has 1 saturated carbocycles. The molecule has 0 aromatic heterocycles. The largest absolute Gasteiger partial charge is 0.326 e. The zero-order chi connectivity index (χ0) is 14.1. The van der Waals surface area contributed by atoms with Gasteiger partial charge in [0.05, 0.1) is 0 Å². The van der Waals surface area contributed by atoms with E-state index in [1.54, 1.807) is 0 Å². The molecule has 0 atom stereocenters. The Labute approximate surface area is 119 Å². The first-order chi connectivity index (χ1) is 9.65. The lowest BCUT2D eigenvalue weighted by atomic mass is 9.85. The molecule has 106 valence electrons. The van der Waals surface area contributed by atoms with Crippen molar-refractivity contribution in [2.75, 3.05) is 16.8 Å². The van der Waals surface area contributed by atoms with Crippen LogP contribution in [0.5, 0.6) is 0 Å². The number of carbonyl (C=O) groups excluding carboxylic acids is 2. The molecule has 0 bridgehead atoms. The number of benzene rings is 1. The molecule has 2 amide bonds. The first-order valence-corrected chi connectivity index (χ1v) is 7.37. The van der Waals surface area contributed by atoms with Crippen molar-refractivity contribution in [3.05, 3.63) is 23.8 Å². The van der Waals surface area contributed by atoms with Gasteiger partial charge in [-0.1, -0.05) is 6.42 Å². The SMILES string of the molecule is Cc1cc(NC(=O)C2CCC2)ccc1N1CCCC1=O. The first-order valence-electron chi connectivity index (χ1n) is 7.37. The van der Waals surface area contributed by atoms with Gasteiger partial charge in [0.2, 0.25) is 11.8 Å². The van der Waals surface area contributed by atoms with Gasteiger partial charge in [0, 0.05) is 30.3 Å². The maximum absolute atomic E-state index is 11.9. The number of aryl methyl sites for hydroxylation is 1. The Bertz CT molecular complexity index is 549. The molecule has 1 heterocycles. The molecule has 1 aromatic carbocycles. The fraction of sp³-hybridized carbons (Fsp3) is 0.500. The van der Waals surface area contributed by atoms with Gasteiger partial charge in [0.25, 0.3) is 0 Å². The monoisotopic (exact) mass is 272 g/mol. The summed E-state index contributed by atoms with van der Waals surface area (Å²) < 4.78 is 0. The highest BCUT2D eigenvalue weighted by Crippen LogP contribution is 2.30. The van der Waals surface area contributed by atoms with E-state index in [1.807, 2.05) is 30.0 Å². The molecule has 4 heteroatoms. The van der Waals surface area contributed by atoms with Gasteiger partial charge in [-0.3, -0.25) is 9.59 Å². The second-order valence-electron chi connectivity index (χ2n) is 5.77. The number of nitrogens with zero attached hydrogens (tertiary/aromatic N) is 1. The minimum Gasteiger partial charge on any atom is -0.326 e. The first kappa shape index (κ1) is 13.2. The summed E-state index contributed by atoms with van der Waals surface area (Å²) >= 11 is 0. The molecule has 20 heavy (non-hydrogen) atoms. The zero-order valence-electron chi connectivity index (χ0n) is 11.8. The smallest absolute Gasteiger partial charge is 0.227 e. The standard InChI is InChI=1S/C16H20N2O2/c1-11-10-13(17-16(20)12-4-2-5-12)7-8-14(11)18-9-3-6-15(18)19/h7-8,10,12H,2-6,9H2,1H3,(H,17,20). The van der Waals surface area contributed by atoms with Gasteiger partial charge in [-0.15, -0.1) is 0 Å². The number of hydrogen-bond acceptors (Lipinski definition) is 2. The summed E-state index contributed by atoms with van der Waals surface area (Å²) in [4.78, 5) is 25.5. The minimum absolute atomic E-state index is 0.126. The lowest BCUT2D eigenvalue weighted by Gasteiger charge is -2.24. The number of anilines is 2. The Kier molecular flexibility index (Phi) is 3.47. The van der Waals surface area contributed by atoms with Gasteiger partial charge in [0.15, 0.2) is 0 Å². The fourth-order valence-electron chi connectivity index (χ4n) is 2.85. The molecule has 1 N–H and O–H groups in total. The van der Waals surface area contributed by atoms with Crippen molar-refractivity contribution in [1.82, 2.24) is 0 Å². The predicted molar refractivity (Wildman–Crippen MR) is 78.7 cm³/mol. The van der Waals surface area contributed by atoms with Crippen molar-refractivity contribution in [1.29, 1.82) is 0 Å². The van der Waals surface area contributed by atoms with Crippen LogP contribution in [0.2, 0.25) is 0 Å². The molecule has 3 rings (SSSR count). The van der Waals surface area contributed by atoms with Crippen molar-refractivity contribution in [2.45, 2.75) is 39.0 Å². The molecule has 0 radical (unpaired) electrons. The number of rotatable bonds is 3. The molecule has 2 aliphatic rings. The number of amides is 2. The average molecular weight is 272 g/mol. The van der Waals surface area contributed by atoms with Crippen molar-refractivity contribution in [3.8, 4) is 0 Å². The molecular formula is C16H20N2O2.